The zero-order valence-electron chi connectivity index (χ0n) is 51.8. The molecule has 0 aliphatic heterocycles. The Labute approximate surface area is 459 Å². The van der Waals surface area contributed by atoms with Crippen molar-refractivity contribution in [3.8, 4) is 0 Å². The van der Waals surface area contributed by atoms with E-state index in [2.05, 4.69) is 79.3 Å². The van der Waals surface area contributed by atoms with Gasteiger partial charge in [-0.15, -0.1) is 0 Å². The Morgan fingerprint density at radius 3 is 0.904 bits per heavy atom. The smallest absolute Gasteiger partial charge is 0.305 e. The highest BCUT2D eigenvalue weighted by atomic mass is 16.5. The number of nitrogens with zero attached hydrogens (tertiary/aromatic N) is 2. The number of hydrogen-bond acceptors (Lipinski definition) is 6. The maximum Gasteiger partial charge on any atom is 0.305 e. The Hall–Kier alpha value is -1.63. The van der Waals surface area contributed by atoms with Crippen LogP contribution in [0.15, 0.2) is 0 Å². The number of carbonyl (C=O) groups excluding carboxylic acids is 3. The lowest BCUT2D eigenvalue weighted by Crippen LogP contribution is -2.40. The maximum atomic E-state index is 12.9. The van der Waals surface area contributed by atoms with Gasteiger partial charge in [0.2, 0.25) is 5.91 Å². The van der Waals surface area contributed by atoms with Gasteiger partial charge < -0.3 is 19.3 Å². The normalized spacial score (nSPS) is 12.4. The first-order valence-electron chi connectivity index (χ1n) is 32.7. The second-order valence-corrected chi connectivity index (χ2v) is 22.8. The predicted molar refractivity (Wildman–Crippen MR) is 322 cm³/mol. The highest BCUT2D eigenvalue weighted by Crippen LogP contribution is 2.23. The number of amides is 1. The van der Waals surface area contributed by atoms with E-state index in [1.54, 1.807) is 6.92 Å². The van der Waals surface area contributed by atoms with E-state index in [1.165, 1.54) is 205 Å². The van der Waals surface area contributed by atoms with Gasteiger partial charge in [-0.2, -0.15) is 0 Å². The molecule has 0 aromatic rings. The Kier molecular flexibility index (Phi) is 65.2. The summed E-state index contributed by atoms with van der Waals surface area (Å²) in [5.74, 6) is 1.26. The quantitative estimate of drug-likeness (QED) is 0.0446. The molecule has 0 aromatic heterocycles. The lowest BCUT2D eigenvalue weighted by atomic mass is 9.95. The van der Waals surface area contributed by atoms with Gasteiger partial charge in [-0.1, -0.05) is 274 Å². The van der Waals surface area contributed by atoms with Crippen molar-refractivity contribution in [3.63, 3.8) is 0 Å². The largest absolute Gasteiger partial charge is 0.465 e. The second kappa shape index (κ2) is 62.9. The SMILES string of the molecule is CCC.CCCCC.CCCCCCCCC(CCCCCC)COC(=O)CCCCCCCCC(CCCCCCCCC(=O)OCC(CCCCCC)CCCCCCCC)N(CCCN(C)C)C(C)=O. The molecule has 0 fully saturated rings. The summed E-state index contributed by atoms with van der Waals surface area (Å²) >= 11 is 0. The highest BCUT2D eigenvalue weighted by molar-refractivity contribution is 5.73. The molecule has 0 aliphatic rings. The molecule has 2 unspecified atom stereocenters. The van der Waals surface area contributed by atoms with Crippen molar-refractivity contribution in [2.75, 3.05) is 40.4 Å². The summed E-state index contributed by atoms with van der Waals surface area (Å²) < 4.78 is 11.7. The summed E-state index contributed by atoms with van der Waals surface area (Å²) in [4.78, 5) is 42.6. The fourth-order valence-corrected chi connectivity index (χ4v) is 10.0. The first kappa shape index (κ1) is 75.6. The number of unbranched alkanes of at least 4 members (excludes halogenated alkanes) is 28. The minimum Gasteiger partial charge on any atom is -0.465 e. The molecule has 7 nitrogen and oxygen atoms in total. The van der Waals surface area contributed by atoms with Crippen LogP contribution in [0.4, 0.5) is 0 Å². The maximum absolute atomic E-state index is 12.9. The molecular weight excluding hydrogens is 901 g/mol. The number of esters is 2. The van der Waals surface area contributed by atoms with Crippen LogP contribution < -0.4 is 0 Å². The Balaban J connectivity index is -0.00000566. The zero-order valence-corrected chi connectivity index (χ0v) is 51.8. The molecule has 7 heteroatoms. The number of carbonyl (C=O) groups is 3. The van der Waals surface area contributed by atoms with E-state index in [4.69, 9.17) is 9.47 Å². The Bertz CT molecular complexity index is 1030. The Morgan fingerprint density at radius 2 is 0.616 bits per heavy atom. The van der Waals surface area contributed by atoms with Crippen LogP contribution in [0, 0.1) is 11.8 Å². The van der Waals surface area contributed by atoms with Crippen molar-refractivity contribution >= 4 is 17.8 Å². The van der Waals surface area contributed by atoms with Crippen LogP contribution in [-0.4, -0.2) is 74.1 Å². The van der Waals surface area contributed by atoms with Gasteiger partial charge in [0, 0.05) is 32.4 Å². The molecule has 73 heavy (non-hydrogen) atoms. The summed E-state index contributed by atoms with van der Waals surface area (Å²) in [6.07, 6.45) is 53.8. The van der Waals surface area contributed by atoms with E-state index in [-0.39, 0.29) is 17.8 Å². The molecule has 0 N–H and O–H groups in total. The predicted octanol–water partition coefficient (Wildman–Crippen LogP) is 20.8. The van der Waals surface area contributed by atoms with E-state index in [0.29, 0.717) is 43.9 Å². The van der Waals surface area contributed by atoms with Crippen LogP contribution in [0.1, 0.15) is 351 Å². The number of ether oxygens (including phenoxy) is 2. The second-order valence-electron chi connectivity index (χ2n) is 22.8. The molecule has 1 amide bonds. The van der Waals surface area contributed by atoms with E-state index in [9.17, 15) is 14.4 Å². The van der Waals surface area contributed by atoms with E-state index in [1.807, 2.05) is 0 Å². The molecule has 0 spiro atoms. The zero-order chi connectivity index (χ0) is 54.7. The standard InChI is InChI=1S/C58H114N2O5.C5H12.C3H8/c1-8-12-16-20-26-34-43-54(41-32-18-14-10-3)51-64-57(62)47-38-30-24-22-28-36-45-56(60(53(5)61)50-40-49-59(6)7)46-37-29-23-25-31-39-48-58(63)65-52-55(42-33-19-15-11-4)44-35-27-21-17-13-9-2;1-3-5-4-2;1-3-2/h54-56H,8-52H2,1-7H3;3-5H2,1-2H3;3H2,1-2H3. The third kappa shape index (κ3) is 59.5. The van der Waals surface area contributed by atoms with Crippen molar-refractivity contribution in [1.82, 2.24) is 9.80 Å². The van der Waals surface area contributed by atoms with E-state index in [0.717, 1.165) is 83.7 Å². The number of rotatable bonds is 53. The van der Waals surface area contributed by atoms with Crippen LogP contribution >= 0.6 is 0 Å². The third-order valence-corrected chi connectivity index (χ3v) is 14.7. The molecule has 0 radical (unpaired) electrons. The molecule has 438 valence electrons. The summed E-state index contributed by atoms with van der Waals surface area (Å²) in [6.45, 7) is 22.6. The van der Waals surface area contributed by atoms with Gasteiger partial charge in [0.05, 0.1) is 13.2 Å². The fraction of sp³-hybridized carbons (Fsp3) is 0.955. The molecule has 0 heterocycles. The summed E-state index contributed by atoms with van der Waals surface area (Å²) in [5.41, 5.74) is 0. The average molecular weight is 1040 g/mol. The van der Waals surface area contributed by atoms with Gasteiger partial charge in [0.25, 0.3) is 0 Å². The monoisotopic (exact) mass is 1040 g/mol. The van der Waals surface area contributed by atoms with Crippen molar-refractivity contribution in [3.05, 3.63) is 0 Å². The lowest BCUT2D eigenvalue weighted by Gasteiger charge is -2.32. The molecule has 0 rings (SSSR count). The average Bonchev–Trinajstić information content (AvgIpc) is 3.37. The van der Waals surface area contributed by atoms with Gasteiger partial charge in [-0.25, -0.2) is 0 Å². The van der Waals surface area contributed by atoms with Crippen LogP contribution in [0.25, 0.3) is 0 Å². The molecule has 0 aliphatic carbocycles. The minimum absolute atomic E-state index is 0.00130. The van der Waals surface area contributed by atoms with Gasteiger partial charge in [0.1, 0.15) is 0 Å². The molecule has 2 atom stereocenters. The molecule has 0 saturated heterocycles. The van der Waals surface area contributed by atoms with Gasteiger partial charge in [-0.3, -0.25) is 14.4 Å². The van der Waals surface area contributed by atoms with Crippen molar-refractivity contribution in [2.24, 2.45) is 11.8 Å². The van der Waals surface area contributed by atoms with Gasteiger partial charge in [0.15, 0.2) is 0 Å². The summed E-state index contributed by atoms with van der Waals surface area (Å²) in [5, 5.41) is 0. The Morgan fingerprint density at radius 1 is 0.342 bits per heavy atom. The van der Waals surface area contributed by atoms with Crippen LogP contribution in [0.3, 0.4) is 0 Å². The molecular formula is C66H134N2O5. The van der Waals surface area contributed by atoms with Crippen molar-refractivity contribution in [1.29, 1.82) is 0 Å². The van der Waals surface area contributed by atoms with Crippen molar-refractivity contribution in [2.45, 2.75) is 357 Å². The summed E-state index contributed by atoms with van der Waals surface area (Å²) in [7, 11) is 4.21. The van der Waals surface area contributed by atoms with Gasteiger partial charge in [-0.05, 0) is 90.3 Å². The first-order valence-corrected chi connectivity index (χ1v) is 32.7. The third-order valence-electron chi connectivity index (χ3n) is 14.7. The topological polar surface area (TPSA) is 76.2 Å². The van der Waals surface area contributed by atoms with E-state index < -0.39 is 0 Å². The molecule has 0 aromatic carbocycles. The fourth-order valence-electron chi connectivity index (χ4n) is 10.0. The summed E-state index contributed by atoms with van der Waals surface area (Å²) in [6, 6.07) is 0.312. The lowest BCUT2D eigenvalue weighted by molar-refractivity contribution is -0.146. The number of hydrogen-bond donors (Lipinski definition) is 0. The first-order chi connectivity index (χ1) is 35.5. The highest BCUT2D eigenvalue weighted by Gasteiger charge is 2.21. The van der Waals surface area contributed by atoms with Crippen molar-refractivity contribution < 1.29 is 23.9 Å². The van der Waals surface area contributed by atoms with E-state index >= 15 is 0 Å². The molecule has 0 bridgehead atoms. The van der Waals surface area contributed by atoms with Crippen LogP contribution in [0.2, 0.25) is 0 Å². The minimum atomic E-state index is -0.00130. The van der Waals surface area contributed by atoms with Crippen LogP contribution in [0.5, 0.6) is 0 Å². The molecule has 0 saturated carbocycles. The van der Waals surface area contributed by atoms with Gasteiger partial charge >= 0.3 is 11.9 Å². The van der Waals surface area contributed by atoms with Crippen LogP contribution in [-0.2, 0) is 23.9 Å².